The molecule has 0 aromatic heterocycles. The molecule has 2 aliphatic carbocycles. The monoisotopic (exact) mass is 312 g/mol. The molecule has 2 fully saturated rings. The van der Waals surface area contributed by atoms with Crippen LogP contribution in [0.25, 0.3) is 0 Å². The van der Waals surface area contributed by atoms with E-state index in [0.717, 1.165) is 22.4 Å². The first-order valence-electron chi connectivity index (χ1n) is 7.72. The third-order valence-electron chi connectivity index (χ3n) is 5.50. The lowest BCUT2D eigenvalue weighted by atomic mass is 9.85. The number of hydrogen-bond acceptors (Lipinski definition) is 4. The number of nitro groups is 1. The third-order valence-corrected chi connectivity index (χ3v) is 5.50. The van der Waals surface area contributed by atoms with Crippen molar-refractivity contribution in [3.63, 3.8) is 0 Å². The number of hydrogen-bond donors (Lipinski definition) is 0. The summed E-state index contributed by atoms with van der Waals surface area (Å²) >= 11 is 0. The second kappa shape index (κ2) is 4.50. The lowest BCUT2D eigenvalue weighted by molar-refractivity contribution is -0.384. The predicted molar refractivity (Wildman–Crippen MR) is 82.8 cm³/mol. The summed E-state index contributed by atoms with van der Waals surface area (Å²) in [4.78, 5) is 37.5. The minimum absolute atomic E-state index is 0.0945. The number of benzene rings is 1. The fraction of sp³-hybridized carbons (Fsp3) is 0.412. The van der Waals surface area contributed by atoms with Crippen LogP contribution in [0.5, 0.6) is 0 Å². The molecule has 0 radical (unpaired) electrons. The van der Waals surface area contributed by atoms with Gasteiger partial charge in [-0.25, -0.2) is 4.90 Å². The Balaban J connectivity index is 1.84. The Bertz CT molecular complexity index is 768. The zero-order valence-electron chi connectivity index (χ0n) is 12.9. The van der Waals surface area contributed by atoms with Crippen molar-refractivity contribution in [1.82, 2.24) is 0 Å². The third kappa shape index (κ3) is 1.75. The van der Waals surface area contributed by atoms with Crippen LogP contribution in [0.2, 0.25) is 0 Å². The van der Waals surface area contributed by atoms with E-state index >= 15 is 0 Å². The molecule has 2 bridgehead atoms. The molecule has 118 valence electrons. The van der Waals surface area contributed by atoms with Crippen molar-refractivity contribution in [2.24, 2.45) is 23.7 Å². The van der Waals surface area contributed by atoms with Gasteiger partial charge in [-0.3, -0.25) is 19.7 Å². The van der Waals surface area contributed by atoms with Gasteiger partial charge in [0.1, 0.15) is 5.69 Å². The normalized spacial score (nSPS) is 31.1. The molecule has 4 atom stereocenters. The molecule has 1 saturated carbocycles. The zero-order valence-corrected chi connectivity index (χ0v) is 12.9. The van der Waals surface area contributed by atoms with E-state index < -0.39 is 4.92 Å². The Hall–Kier alpha value is -2.50. The first-order valence-corrected chi connectivity index (χ1v) is 7.72. The van der Waals surface area contributed by atoms with Crippen LogP contribution in [0.3, 0.4) is 0 Å². The molecule has 2 amide bonds. The average molecular weight is 312 g/mol. The molecule has 6 nitrogen and oxygen atoms in total. The summed E-state index contributed by atoms with van der Waals surface area (Å²) in [6.07, 6.45) is 4.86. The van der Waals surface area contributed by atoms with Gasteiger partial charge in [-0.05, 0) is 49.3 Å². The lowest BCUT2D eigenvalue weighted by Gasteiger charge is -2.18. The first-order chi connectivity index (χ1) is 10.9. The van der Waals surface area contributed by atoms with Crippen LogP contribution >= 0.6 is 0 Å². The van der Waals surface area contributed by atoms with Gasteiger partial charge >= 0.3 is 0 Å². The molecule has 3 aliphatic rings. The van der Waals surface area contributed by atoms with Gasteiger partial charge in [0.25, 0.3) is 5.69 Å². The molecule has 1 aromatic rings. The fourth-order valence-corrected chi connectivity index (χ4v) is 4.25. The topological polar surface area (TPSA) is 80.5 Å². The van der Waals surface area contributed by atoms with E-state index in [1.54, 1.807) is 13.0 Å². The largest absolute Gasteiger partial charge is 0.293 e. The maximum atomic E-state index is 12.8. The van der Waals surface area contributed by atoms with E-state index in [4.69, 9.17) is 0 Å². The smallest absolute Gasteiger partial charge is 0.274 e. The molecular weight excluding hydrogens is 296 g/mol. The van der Waals surface area contributed by atoms with Gasteiger partial charge in [0.15, 0.2) is 0 Å². The number of imide groups is 1. The van der Waals surface area contributed by atoms with Crippen molar-refractivity contribution < 1.29 is 14.5 Å². The molecule has 1 heterocycles. The average Bonchev–Trinajstić information content (AvgIpc) is 3.16. The van der Waals surface area contributed by atoms with Gasteiger partial charge < -0.3 is 0 Å². The second-order valence-electron chi connectivity index (χ2n) is 6.69. The standard InChI is InChI=1S/C17H16N2O4/c1-8-5-12(13(19(22)23)6-9(8)2)18-16(20)14-10-3-4-11(7-10)15(14)17(18)21/h3-6,10-11,14-15H,7H2,1-2H3/t10-,11-,14+,15+/m0/s1. The highest BCUT2D eigenvalue weighted by atomic mass is 16.6. The van der Waals surface area contributed by atoms with Crippen LogP contribution in [0.15, 0.2) is 24.3 Å². The number of fused-ring (bicyclic) bond motifs is 5. The van der Waals surface area contributed by atoms with Gasteiger partial charge in [0.05, 0.1) is 16.8 Å². The molecule has 23 heavy (non-hydrogen) atoms. The lowest BCUT2D eigenvalue weighted by Crippen LogP contribution is -2.33. The van der Waals surface area contributed by atoms with Gasteiger partial charge in [-0.1, -0.05) is 12.2 Å². The number of anilines is 1. The quantitative estimate of drug-likeness (QED) is 0.364. The first kappa shape index (κ1) is 14.1. The Morgan fingerprint density at radius 2 is 1.57 bits per heavy atom. The van der Waals surface area contributed by atoms with Crippen molar-refractivity contribution in [2.45, 2.75) is 20.3 Å². The SMILES string of the molecule is Cc1cc(N2C(=O)[C@H]3[C@H](C2=O)[C@H]2C=C[C@H]3C2)c([N+](=O)[O-])cc1C. The van der Waals surface area contributed by atoms with Crippen LogP contribution in [-0.2, 0) is 9.59 Å². The molecule has 0 spiro atoms. The molecule has 6 heteroatoms. The van der Waals surface area contributed by atoms with Crippen molar-refractivity contribution in [3.8, 4) is 0 Å². The number of allylic oxidation sites excluding steroid dienone is 2. The van der Waals surface area contributed by atoms with Crippen molar-refractivity contribution in [1.29, 1.82) is 0 Å². The van der Waals surface area contributed by atoms with Crippen LogP contribution in [-0.4, -0.2) is 16.7 Å². The summed E-state index contributed by atoms with van der Waals surface area (Å²) in [6.45, 7) is 3.60. The number of carbonyl (C=O) groups excluding carboxylic acids is 2. The number of aryl methyl sites for hydroxylation is 2. The van der Waals surface area contributed by atoms with Crippen molar-refractivity contribution >= 4 is 23.2 Å². The highest BCUT2D eigenvalue weighted by molar-refractivity contribution is 6.23. The van der Waals surface area contributed by atoms with Gasteiger partial charge in [-0.2, -0.15) is 0 Å². The summed E-state index contributed by atoms with van der Waals surface area (Å²) in [5, 5.41) is 11.4. The molecular formula is C17H16N2O4. The summed E-state index contributed by atoms with van der Waals surface area (Å²) in [6, 6.07) is 3.02. The van der Waals surface area contributed by atoms with E-state index in [1.807, 2.05) is 19.1 Å². The molecule has 0 N–H and O–H groups in total. The van der Waals surface area contributed by atoms with Crippen molar-refractivity contribution in [3.05, 3.63) is 45.5 Å². The Morgan fingerprint density at radius 3 is 2.09 bits per heavy atom. The van der Waals surface area contributed by atoms with E-state index in [1.165, 1.54) is 6.07 Å². The number of nitrogens with zero attached hydrogens (tertiary/aromatic N) is 2. The fourth-order valence-electron chi connectivity index (χ4n) is 4.25. The zero-order chi connectivity index (χ0) is 16.5. The van der Waals surface area contributed by atoms with E-state index in [-0.39, 0.29) is 46.9 Å². The van der Waals surface area contributed by atoms with E-state index in [0.29, 0.717) is 0 Å². The number of amides is 2. The Kier molecular flexibility index (Phi) is 2.76. The second-order valence-corrected chi connectivity index (χ2v) is 6.69. The summed E-state index contributed by atoms with van der Waals surface area (Å²) < 4.78 is 0. The van der Waals surface area contributed by atoms with Gasteiger partial charge in [-0.15, -0.1) is 0 Å². The molecule has 0 unspecified atom stereocenters. The Labute approximate surface area is 132 Å². The highest BCUT2D eigenvalue weighted by Crippen LogP contribution is 2.54. The summed E-state index contributed by atoms with van der Waals surface area (Å²) in [7, 11) is 0. The molecule has 1 aliphatic heterocycles. The predicted octanol–water partition coefficient (Wildman–Crippen LogP) is 2.52. The van der Waals surface area contributed by atoms with E-state index in [9.17, 15) is 19.7 Å². The van der Waals surface area contributed by atoms with Crippen LogP contribution in [0.1, 0.15) is 17.5 Å². The maximum absolute atomic E-state index is 12.8. The van der Waals surface area contributed by atoms with Crippen LogP contribution < -0.4 is 4.90 Å². The van der Waals surface area contributed by atoms with Crippen LogP contribution in [0, 0.1) is 47.6 Å². The summed E-state index contributed by atoms with van der Waals surface area (Å²) in [5.74, 6) is -1.09. The number of nitro benzene ring substituents is 1. The summed E-state index contributed by atoms with van der Waals surface area (Å²) in [5.41, 5.74) is 1.52. The molecule has 1 saturated heterocycles. The minimum atomic E-state index is -0.525. The van der Waals surface area contributed by atoms with Gasteiger partial charge in [0, 0.05) is 6.07 Å². The van der Waals surface area contributed by atoms with Gasteiger partial charge in [0.2, 0.25) is 11.8 Å². The van der Waals surface area contributed by atoms with E-state index in [2.05, 4.69) is 0 Å². The molecule has 1 aromatic carbocycles. The highest BCUT2D eigenvalue weighted by Gasteiger charge is 2.60. The van der Waals surface area contributed by atoms with Crippen molar-refractivity contribution in [2.75, 3.05) is 4.90 Å². The van der Waals surface area contributed by atoms with Crippen LogP contribution in [0.4, 0.5) is 11.4 Å². The maximum Gasteiger partial charge on any atom is 0.293 e. The number of rotatable bonds is 2. The Morgan fingerprint density at radius 1 is 1.04 bits per heavy atom. The minimum Gasteiger partial charge on any atom is -0.274 e. The molecule has 4 rings (SSSR count). The number of carbonyl (C=O) groups is 2.